The molecule has 1 aromatic heterocycles. The molecule has 1 fully saturated rings. The Morgan fingerprint density at radius 3 is 2.86 bits per heavy atom. The summed E-state index contributed by atoms with van der Waals surface area (Å²) in [5.41, 5.74) is 1.54. The Kier molecular flexibility index (Phi) is 4.47. The second-order valence-electron chi connectivity index (χ2n) is 5.43. The standard InChI is InChI=1S/C16H16BrFN2O2/c17-15-7-12(10-22-15)16(21)19-8-11-5-6-20(9-11)14-3-1-13(18)2-4-14/h1-4,7,10-11H,5-6,8-9H2,(H,19,21). The van der Waals surface area contributed by atoms with Crippen LogP contribution in [0.25, 0.3) is 0 Å². The Labute approximate surface area is 136 Å². The predicted octanol–water partition coefficient (Wildman–Crippen LogP) is 3.44. The topological polar surface area (TPSA) is 45.5 Å². The molecule has 1 aromatic carbocycles. The number of carbonyl (C=O) groups is 1. The summed E-state index contributed by atoms with van der Waals surface area (Å²) in [6.45, 7) is 2.41. The van der Waals surface area contributed by atoms with Crippen LogP contribution in [0.15, 0.2) is 45.7 Å². The van der Waals surface area contributed by atoms with E-state index in [4.69, 9.17) is 4.42 Å². The third kappa shape index (κ3) is 3.50. The Balaban J connectivity index is 1.51. The number of hydrogen-bond acceptors (Lipinski definition) is 3. The molecule has 0 bridgehead atoms. The molecule has 2 aromatic rings. The van der Waals surface area contributed by atoms with E-state index >= 15 is 0 Å². The quantitative estimate of drug-likeness (QED) is 0.901. The van der Waals surface area contributed by atoms with Crippen molar-refractivity contribution in [2.24, 2.45) is 5.92 Å². The molecule has 1 amide bonds. The fourth-order valence-electron chi connectivity index (χ4n) is 2.65. The summed E-state index contributed by atoms with van der Waals surface area (Å²) in [6, 6.07) is 8.18. The number of rotatable bonds is 4. The van der Waals surface area contributed by atoms with E-state index in [2.05, 4.69) is 26.1 Å². The van der Waals surface area contributed by atoms with Crippen LogP contribution in [0, 0.1) is 11.7 Å². The summed E-state index contributed by atoms with van der Waals surface area (Å²) >= 11 is 3.18. The summed E-state index contributed by atoms with van der Waals surface area (Å²) in [7, 11) is 0. The normalized spacial score (nSPS) is 17.7. The average molecular weight is 367 g/mol. The maximum Gasteiger partial charge on any atom is 0.254 e. The van der Waals surface area contributed by atoms with Gasteiger partial charge in [0.25, 0.3) is 5.91 Å². The molecular formula is C16H16BrFN2O2. The first kappa shape index (κ1) is 15.1. The maximum atomic E-state index is 12.9. The zero-order chi connectivity index (χ0) is 15.5. The molecule has 0 spiro atoms. The van der Waals surface area contributed by atoms with Crippen molar-refractivity contribution in [2.45, 2.75) is 6.42 Å². The van der Waals surface area contributed by atoms with Gasteiger partial charge in [0.15, 0.2) is 4.67 Å². The van der Waals surface area contributed by atoms with Crippen molar-refractivity contribution < 1.29 is 13.6 Å². The van der Waals surface area contributed by atoms with Gasteiger partial charge >= 0.3 is 0 Å². The molecule has 6 heteroatoms. The second kappa shape index (κ2) is 6.52. The van der Waals surface area contributed by atoms with Gasteiger partial charge in [-0.3, -0.25) is 4.79 Å². The lowest BCUT2D eigenvalue weighted by Crippen LogP contribution is -2.30. The van der Waals surface area contributed by atoms with E-state index in [-0.39, 0.29) is 11.7 Å². The molecule has 116 valence electrons. The molecule has 0 radical (unpaired) electrons. The molecule has 1 aliphatic rings. The van der Waals surface area contributed by atoms with Crippen molar-refractivity contribution >= 4 is 27.5 Å². The summed E-state index contributed by atoms with van der Waals surface area (Å²) in [5, 5.41) is 2.93. The number of benzene rings is 1. The molecule has 1 aliphatic heterocycles. The van der Waals surface area contributed by atoms with E-state index in [0.29, 0.717) is 22.7 Å². The summed E-state index contributed by atoms with van der Waals surface area (Å²) in [5.74, 6) is 0.0389. The van der Waals surface area contributed by atoms with Crippen molar-refractivity contribution in [1.29, 1.82) is 0 Å². The van der Waals surface area contributed by atoms with Crippen LogP contribution in [0.5, 0.6) is 0 Å². The van der Waals surface area contributed by atoms with E-state index in [1.165, 1.54) is 18.4 Å². The van der Waals surface area contributed by atoms with Crippen LogP contribution in [0.4, 0.5) is 10.1 Å². The highest BCUT2D eigenvalue weighted by Gasteiger charge is 2.23. The fourth-order valence-corrected chi connectivity index (χ4v) is 2.99. The van der Waals surface area contributed by atoms with Crippen LogP contribution in [-0.2, 0) is 0 Å². The highest BCUT2D eigenvalue weighted by atomic mass is 79.9. The van der Waals surface area contributed by atoms with Gasteiger partial charge in [-0.15, -0.1) is 0 Å². The average Bonchev–Trinajstić information content (AvgIpc) is 3.15. The number of hydrogen-bond donors (Lipinski definition) is 1. The molecule has 2 heterocycles. The van der Waals surface area contributed by atoms with Crippen LogP contribution in [0.3, 0.4) is 0 Å². The van der Waals surface area contributed by atoms with Crippen LogP contribution in [0.2, 0.25) is 0 Å². The first-order chi connectivity index (χ1) is 10.6. The summed E-state index contributed by atoms with van der Waals surface area (Å²) < 4.78 is 18.5. The Hall–Kier alpha value is -1.82. The van der Waals surface area contributed by atoms with Crippen LogP contribution in [0.1, 0.15) is 16.8 Å². The number of anilines is 1. The minimum absolute atomic E-state index is 0.130. The van der Waals surface area contributed by atoms with E-state index in [1.807, 2.05) is 0 Å². The summed E-state index contributed by atoms with van der Waals surface area (Å²) in [6.07, 6.45) is 2.44. The lowest BCUT2D eigenvalue weighted by atomic mass is 10.1. The van der Waals surface area contributed by atoms with Crippen molar-refractivity contribution in [3.8, 4) is 0 Å². The van der Waals surface area contributed by atoms with Gasteiger partial charge in [0.2, 0.25) is 0 Å². The highest BCUT2D eigenvalue weighted by molar-refractivity contribution is 9.10. The largest absolute Gasteiger partial charge is 0.457 e. The molecule has 1 saturated heterocycles. The lowest BCUT2D eigenvalue weighted by Gasteiger charge is -2.18. The molecule has 0 aliphatic carbocycles. The van der Waals surface area contributed by atoms with Gasteiger partial charge in [-0.2, -0.15) is 0 Å². The van der Waals surface area contributed by atoms with Gasteiger partial charge in [-0.1, -0.05) is 0 Å². The SMILES string of the molecule is O=C(NCC1CCN(c2ccc(F)cc2)C1)c1coc(Br)c1. The van der Waals surface area contributed by atoms with Gasteiger partial charge < -0.3 is 14.6 Å². The van der Waals surface area contributed by atoms with Gasteiger partial charge in [-0.05, 0) is 52.5 Å². The van der Waals surface area contributed by atoms with E-state index < -0.39 is 0 Å². The number of carbonyl (C=O) groups excluding carboxylic acids is 1. The van der Waals surface area contributed by atoms with Crippen molar-refractivity contribution in [2.75, 3.05) is 24.5 Å². The molecule has 1 atom stereocenters. The van der Waals surface area contributed by atoms with Gasteiger partial charge in [0.05, 0.1) is 5.56 Å². The number of furan rings is 1. The van der Waals surface area contributed by atoms with Crippen molar-refractivity contribution in [3.63, 3.8) is 0 Å². The predicted molar refractivity (Wildman–Crippen MR) is 85.5 cm³/mol. The molecule has 3 rings (SSSR count). The van der Waals surface area contributed by atoms with E-state index in [0.717, 1.165) is 25.2 Å². The fraction of sp³-hybridized carbons (Fsp3) is 0.312. The van der Waals surface area contributed by atoms with Gasteiger partial charge in [-0.25, -0.2) is 4.39 Å². The third-order valence-corrected chi connectivity index (χ3v) is 4.27. The van der Waals surface area contributed by atoms with E-state index in [1.54, 1.807) is 18.2 Å². The van der Waals surface area contributed by atoms with Crippen LogP contribution >= 0.6 is 15.9 Å². The summed E-state index contributed by atoms with van der Waals surface area (Å²) in [4.78, 5) is 14.2. The molecule has 1 unspecified atom stereocenters. The van der Waals surface area contributed by atoms with Gasteiger partial charge in [0, 0.05) is 31.4 Å². The third-order valence-electron chi connectivity index (χ3n) is 3.86. The van der Waals surface area contributed by atoms with Crippen molar-refractivity contribution in [1.82, 2.24) is 5.32 Å². The molecular weight excluding hydrogens is 351 g/mol. The smallest absolute Gasteiger partial charge is 0.254 e. The first-order valence-electron chi connectivity index (χ1n) is 7.14. The number of amides is 1. The minimum atomic E-state index is -0.224. The molecule has 4 nitrogen and oxygen atoms in total. The first-order valence-corrected chi connectivity index (χ1v) is 7.94. The van der Waals surface area contributed by atoms with E-state index in [9.17, 15) is 9.18 Å². The number of nitrogens with one attached hydrogen (secondary N) is 1. The monoisotopic (exact) mass is 366 g/mol. The molecule has 0 saturated carbocycles. The van der Waals surface area contributed by atoms with Crippen molar-refractivity contribution in [3.05, 3.63) is 52.6 Å². The second-order valence-corrected chi connectivity index (χ2v) is 6.21. The highest BCUT2D eigenvalue weighted by Crippen LogP contribution is 2.23. The zero-order valence-electron chi connectivity index (χ0n) is 11.9. The zero-order valence-corrected chi connectivity index (χ0v) is 13.5. The molecule has 22 heavy (non-hydrogen) atoms. The van der Waals surface area contributed by atoms with Gasteiger partial charge in [0.1, 0.15) is 12.1 Å². The Bertz CT molecular complexity index is 656. The lowest BCUT2D eigenvalue weighted by molar-refractivity contribution is 0.0947. The number of halogens is 2. The van der Waals surface area contributed by atoms with Crippen LogP contribution < -0.4 is 10.2 Å². The minimum Gasteiger partial charge on any atom is -0.457 e. The Morgan fingerprint density at radius 2 is 2.18 bits per heavy atom. The number of nitrogens with zero attached hydrogens (tertiary/aromatic N) is 1. The van der Waals surface area contributed by atoms with Crippen LogP contribution in [-0.4, -0.2) is 25.5 Å². The maximum absolute atomic E-state index is 12.9. The molecule has 1 N–H and O–H groups in total. The Morgan fingerprint density at radius 1 is 1.41 bits per heavy atom.